The predicted octanol–water partition coefficient (Wildman–Crippen LogP) is 3.33. The molecule has 29 heavy (non-hydrogen) atoms. The van der Waals surface area contributed by atoms with Crippen LogP contribution in [-0.2, 0) is 27.5 Å². The predicted molar refractivity (Wildman–Crippen MR) is 98.1 cm³/mol. The van der Waals surface area contributed by atoms with Crippen LogP contribution in [-0.4, -0.2) is 48.4 Å². The van der Waals surface area contributed by atoms with Crippen molar-refractivity contribution in [2.75, 3.05) is 25.5 Å². The van der Waals surface area contributed by atoms with E-state index in [1.807, 2.05) is 6.92 Å². The number of sulfonamides is 1. The van der Waals surface area contributed by atoms with Crippen LogP contribution in [0.5, 0.6) is 0 Å². The summed E-state index contributed by atoms with van der Waals surface area (Å²) in [6.07, 6.45) is -3.30. The van der Waals surface area contributed by atoms with Gasteiger partial charge in [0, 0.05) is 25.3 Å². The molecule has 1 aromatic carbocycles. The summed E-state index contributed by atoms with van der Waals surface area (Å²) >= 11 is 0. The van der Waals surface area contributed by atoms with Crippen molar-refractivity contribution in [1.29, 1.82) is 0 Å². The van der Waals surface area contributed by atoms with E-state index in [2.05, 4.69) is 14.7 Å². The smallest absolute Gasteiger partial charge is 0.381 e. The van der Waals surface area contributed by atoms with Crippen molar-refractivity contribution in [3.05, 3.63) is 35.7 Å². The second kappa shape index (κ2) is 8.80. The summed E-state index contributed by atoms with van der Waals surface area (Å²) in [5, 5.41) is 3.35. The van der Waals surface area contributed by atoms with Gasteiger partial charge >= 0.3 is 12.1 Å². The molecule has 1 fully saturated rings. The van der Waals surface area contributed by atoms with E-state index < -0.39 is 22.1 Å². The van der Waals surface area contributed by atoms with Crippen molar-refractivity contribution in [2.45, 2.75) is 32.5 Å². The third-order valence-electron chi connectivity index (χ3n) is 4.58. The first-order valence-corrected chi connectivity index (χ1v) is 10.9. The summed E-state index contributed by atoms with van der Waals surface area (Å²) in [5.74, 6) is -1.53. The van der Waals surface area contributed by atoms with Crippen LogP contribution >= 0.6 is 0 Å². The van der Waals surface area contributed by atoms with E-state index in [4.69, 9.17) is 4.74 Å². The first kappa shape index (κ1) is 21.7. The third kappa shape index (κ3) is 5.55. The number of rotatable bonds is 8. The van der Waals surface area contributed by atoms with Gasteiger partial charge in [0.1, 0.15) is 0 Å². The molecule has 1 atom stereocenters. The Bertz CT molecular complexity index is 907. The van der Waals surface area contributed by atoms with Crippen LogP contribution in [0.1, 0.15) is 31.2 Å². The maximum atomic E-state index is 12.8. The highest BCUT2D eigenvalue weighted by Crippen LogP contribution is 2.29. The number of halogens is 3. The Labute approximate surface area is 166 Å². The average Bonchev–Trinajstić information content (AvgIpc) is 3.33. The standard InChI is InChI=1S/C18H22F3N3O4S/c1-2-8-24(29(25,26)12-14-7-9-27-11-14)10-13-3-5-15(6-4-13)16-22-17(28-23-16)18(19,20)21/h3-6,14H,2,7-12H2,1H3. The molecular weight excluding hydrogens is 411 g/mol. The molecule has 0 aliphatic carbocycles. The van der Waals surface area contributed by atoms with E-state index in [1.165, 1.54) is 4.31 Å². The molecule has 3 rings (SSSR count). The maximum absolute atomic E-state index is 12.8. The SMILES string of the molecule is CCCN(Cc1ccc(-c2noc(C(F)(F)F)n2)cc1)S(=O)(=O)CC1CCOC1. The topological polar surface area (TPSA) is 85.5 Å². The summed E-state index contributed by atoms with van der Waals surface area (Å²) < 4.78 is 74.3. The van der Waals surface area contributed by atoms with Crippen LogP contribution < -0.4 is 0 Å². The molecule has 0 bridgehead atoms. The van der Waals surface area contributed by atoms with Crippen LogP contribution in [0.2, 0.25) is 0 Å². The molecule has 0 saturated carbocycles. The van der Waals surface area contributed by atoms with Gasteiger partial charge in [-0.25, -0.2) is 8.42 Å². The van der Waals surface area contributed by atoms with Crippen molar-refractivity contribution >= 4 is 10.0 Å². The second-order valence-corrected chi connectivity index (χ2v) is 8.97. The zero-order valence-corrected chi connectivity index (χ0v) is 16.7. The largest absolute Gasteiger partial charge is 0.471 e. The van der Waals surface area contributed by atoms with Gasteiger partial charge in [0.25, 0.3) is 0 Å². The van der Waals surface area contributed by atoms with Crippen molar-refractivity contribution in [3.63, 3.8) is 0 Å². The van der Waals surface area contributed by atoms with Gasteiger partial charge in [0.05, 0.1) is 12.4 Å². The highest BCUT2D eigenvalue weighted by molar-refractivity contribution is 7.89. The number of hydrogen-bond donors (Lipinski definition) is 0. The number of hydrogen-bond acceptors (Lipinski definition) is 6. The fourth-order valence-corrected chi connectivity index (χ4v) is 4.98. The van der Waals surface area contributed by atoms with Crippen LogP contribution in [0, 0.1) is 5.92 Å². The van der Waals surface area contributed by atoms with Gasteiger partial charge in [-0.2, -0.15) is 22.5 Å². The molecule has 1 aliphatic heterocycles. The quantitative estimate of drug-likeness (QED) is 0.635. The van der Waals surface area contributed by atoms with Crippen LogP contribution in [0.25, 0.3) is 11.4 Å². The van der Waals surface area contributed by atoms with E-state index in [0.717, 1.165) is 6.42 Å². The normalized spacial score (nSPS) is 17.9. The van der Waals surface area contributed by atoms with Gasteiger partial charge in [-0.05, 0) is 24.3 Å². The molecule has 1 unspecified atom stereocenters. The highest BCUT2D eigenvalue weighted by Gasteiger charge is 2.38. The fourth-order valence-electron chi connectivity index (χ4n) is 3.10. The molecule has 0 N–H and O–H groups in total. The molecule has 1 aliphatic rings. The Morgan fingerprint density at radius 1 is 1.24 bits per heavy atom. The van der Waals surface area contributed by atoms with E-state index in [-0.39, 0.29) is 24.0 Å². The maximum Gasteiger partial charge on any atom is 0.471 e. The van der Waals surface area contributed by atoms with Crippen LogP contribution in [0.15, 0.2) is 28.8 Å². The minimum Gasteiger partial charge on any atom is -0.381 e. The third-order valence-corrected chi connectivity index (χ3v) is 6.57. The molecule has 0 spiro atoms. The lowest BCUT2D eigenvalue weighted by atomic mass is 10.1. The zero-order chi connectivity index (χ0) is 21.1. The zero-order valence-electron chi connectivity index (χ0n) is 15.9. The molecule has 7 nitrogen and oxygen atoms in total. The van der Waals surface area contributed by atoms with Gasteiger partial charge in [-0.3, -0.25) is 0 Å². The number of alkyl halides is 3. The first-order chi connectivity index (χ1) is 13.7. The monoisotopic (exact) mass is 433 g/mol. The molecular formula is C18H22F3N3O4S. The van der Waals surface area contributed by atoms with Crippen LogP contribution in [0.3, 0.4) is 0 Å². The lowest BCUT2D eigenvalue weighted by molar-refractivity contribution is -0.159. The fraction of sp³-hybridized carbons (Fsp3) is 0.556. The molecule has 1 aromatic heterocycles. The molecule has 160 valence electrons. The molecule has 2 aromatic rings. The minimum atomic E-state index is -4.70. The van der Waals surface area contributed by atoms with Crippen molar-refractivity contribution in [2.24, 2.45) is 5.92 Å². The Kier molecular flexibility index (Phi) is 6.59. The Hall–Kier alpha value is -1.98. The summed E-state index contributed by atoms with van der Waals surface area (Å²) in [6.45, 7) is 3.51. The summed E-state index contributed by atoms with van der Waals surface area (Å²) in [5.41, 5.74) is 1.06. The lowest BCUT2D eigenvalue weighted by Crippen LogP contribution is -2.35. The molecule has 0 amide bonds. The second-order valence-electron chi connectivity index (χ2n) is 6.96. The number of nitrogens with zero attached hydrogens (tertiary/aromatic N) is 3. The van der Waals surface area contributed by atoms with Crippen molar-refractivity contribution in [3.8, 4) is 11.4 Å². The van der Waals surface area contributed by atoms with E-state index in [9.17, 15) is 21.6 Å². The highest BCUT2D eigenvalue weighted by atomic mass is 32.2. The van der Waals surface area contributed by atoms with Gasteiger partial charge < -0.3 is 9.26 Å². The van der Waals surface area contributed by atoms with E-state index >= 15 is 0 Å². The summed E-state index contributed by atoms with van der Waals surface area (Å²) in [7, 11) is -3.45. The molecule has 11 heteroatoms. The molecule has 0 radical (unpaired) electrons. The Morgan fingerprint density at radius 2 is 1.97 bits per heavy atom. The van der Waals surface area contributed by atoms with Crippen molar-refractivity contribution in [1.82, 2.24) is 14.4 Å². The van der Waals surface area contributed by atoms with Crippen molar-refractivity contribution < 1.29 is 30.8 Å². The molecule has 1 saturated heterocycles. The van der Waals surface area contributed by atoms with Gasteiger partial charge in [-0.15, -0.1) is 0 Å². The van der Waals surface area contributed by atoms with Crippen LogP contribution in [0.4, 0.5) is 13.2 Å². The summed E-state index contributed by atoms with van der Waals surface area (Å²) in [6, 6.07) is 6.38. The Morgan fingerprint density at radius 3 is 2.52 bits per heavy atom. The number of ether oxygens (including phenoxy) is 1. The minimum absolute atomic E-state index is 0.00259. The molecule has 2 heterocycles. The Balaban J connectivity index is 1.71. The van der Waals surface area contributed by atoms with Gasteiger partial charge in [0.2, 0.25) is 15.8 Å². The number of benzene rings is 1. The lowest BCUT2D eigenvalue weighted by Gasteiger charge is -2.23. The van der Waals surface area contributed by atoms with Gasteiger partial charge in [0.15, 0.2) is 0 Å². The number of aromatic nitrogens is 2. The summed E-state index contributed by atoms with van der Waals surface area (Å²) in [4.78, 5) is 3.35. The van der Waals surface area contributed by atoms with E-state index in [0.29, 0.717) is 37.3 Å². The first-order valence-electron chi connectivity index (χ1n) is 9.25. The van der Waals surface area contributed by atoms with Gasteiger partial charge in [-0.1, -0.05) is 36.3 Å². The average molecular weight is 433 g/mol. The van der Waals surface area contributed by atoms with E-state index in [1.54, 1.807) is 24.3 Å².